The smallest absolute Gasteiger partial charge is 0.245 e. The number of aromatic amines is 1. The number of H-pyrrole nitrogens is 1. The number of halogens is 1. The molecule has 0 spiro atoms. The van der Waals surface area contributed by atoms with Crippen molar-refractivity contribution in [3.63, 3.8) is 0 Å². The molecule has 11 nitrogen and oxygen atoms in total. The number of pyridine rings is 1. The molecule has 6 rings (SSSR count). The molecule has 0 radical (unpaired) electrons. The first-order valence-corrected chi connectivity index (χ1v) is 20.0. The summed E-state index contributed by atoms with van der Waals surface area (Å²) in [6, 6.07) is 21.2. The molecule has 8 N–H and O–H groups in total. The Bertz CT molecular complexity index is 2090. The lowest BCUT2D eigenvalue weighted by molar-refractivity contribution is -0.142. The minimum atomic E-state index is -0.906. The van der Waals surface area contributed by atoms with Crippen molar-refractivity contribution in [3.8, 4) is 11.1 Å². The van der Waals surface area contributed by atoms with Crippen LogP contribution in [0.5, 0.6) is 0 Å². The Kier molecular flexibility index (Phi) is 14.0. The number of nitrogens with zero attached hydrogens (tertiary/aromatic N) is 2. The third kappa shape index (κ3) is 9.94. The van der Waals surface area contributed by atoms with Crippen molar-refractivity contribution >= 4 is 52.0 Å². The van der Waals surface area contributed by atoms with E-state index in [0.29, 0.717) is 56.8 Å². The molecule has 3 heterocycles. The van der Waals surface area contributed by atoms with E-state index in [1.54, 1.807) is 19.4 Å². The topological polar surface area (TPSA) is 171 Å². The van der Waals surface area contributed by atoms with Gasteiger partial charge in [0.05, 0.1) is 11.1 Å². The van der Waals surface area contributed by atoms with Gasteiger partial charge in [-0.2, -0.15) is 0 Å². The maximum Gasteiger partial charge on any atom is 0.245 e. The van der Waals surface area contributed by atoms with Gasteiger partial charge in [0.15, 0.2) is 0 Å². The Morgan fingerprint density at radius 3 is 2.44 bits per heavy atom. The van der Waals surface area contributed by atoms with Crippen molar-refractivity contribution < 1.29 is 14.4 Å². The molecule has 13 heteroatoms. The molecule has 0 saturated carbocycles. The highest BCUT2D eigenvalue weighted by Crippen LogP contribution is 2.40. The summed E-state index contributed by atoms with van der Waals surface area (Å²) in [5, 5.41) is 11.2. The number of benzene rings is 3. The van der Waals surface area contributed by atoms with Gasteiger partial charge in [0.2, 0.25) is 17.7 Å². The highest BCUT2D eigenvalue weighted by atomic mass is 35.5. The molecule has 2 aromatic heterocycles. The minimum absolute atomic E-state index is 0.152. The fraction of sp³-hybridized carbons (Fsp3) is 0.333. The number of carbonyl (C=O) groups is 3. The number of likely N-dealkylation sites (N-methyl/N-ethyl adjacent to an activating group) is 1. The number of aromatic nitrogens is 2. The number of carbonyl (C=O) groups excluding carboxylic acids is 3. The van der Waals surface area contributed by atoms with E-state index in [-0.39, 0.29) is 30.7 Å². The Morgan fingerprint density at radius 2 is 1.64 bits per heavy atom. The molecule has 3 aromatic carbocycles. The molecule has 1 aliphatic heterocycles. The van der Waals surface area contributed by atoms with Crippen LogP contribution in [-0.2, 0) is 33.9 Å². The van der Waals surface area contributed by atoms with E-state index in [1.807, 2.05) is 79.0 Å². The summed E-state index contributed by atoms with van der Waals surface area (Å²) in [4.78, 5) is 54.0. The van der Waals surface area contributed by atoms with E-state index in [1.165, 1.54) is 16.7 Å². The summed E-state index contributed by atoms with van der Waals surface area (Å²) in [5.41, 5.74) is 17.1. The van der Waals surface area contributed by atoms with Crippen LogP contribution in [0.25, 0.3) is 22.0 Å². The fourth-order valence-corrected chi connectivity index (χ4v) is 8.38. The maximum absolute atomic E-state index is 14.5. The first kappa shape index (κ1) is 40.0. The molecule has 0 fully saturated rings. The van der Waals surface area contributed by atoms with Crippen molar-refractivity contribution in [1.82, 2.24) is 30.8 Å². The number of hydrogen-bond acceptors (Lipinski definition) is 8. The molecule has 0 saturated heterocycles. The van der Waals surface area contributed by atoms with Crippen LogP contribution in [0.2, 0.25) is 5.02 Å². The maximum atomic E-state index is 14.5. The summed E-state index contributed by atoms with van der Waals surface area (Å²) >= 11 is 8.62. The van der Waals surface area contributed by atoms with Gasteiger partial charge < -0.3 is 37.3 Å². The van der Waals surface area contributed by atoms with Crippen molar-refractivity contribution in [2.45, 2.75) is 79.5 Å². The first-order valence-electron chi connectivity index (χ1n) is 18.8. The van der Waals surface area contributed by atoms with Gasteiger partial charge >= 0.3 is 0 Å². The van der Waals surface area contributed by atoms with Gasteiger partial charge in [0.1, 0.15) is 12.1 Å². The van der Waals surface area contributed by atoms with Crippen LogP contribution < -0.4 is 27.4 Å². The Morgan fingerprint density at radius 1 is 0.855 bits per heavy atom. The van der Waals surface area contributed by atoms with Crippen LogP contribution in [0.15, 0.2) is 101 Å². The normalized spacial score (nSPS) is 18.7. The Labute approximate surface area is 331 Å². The van der Waals surface area contributed by atoms with Crippen LogP contribution in [0.4, 0.5) is 0 Å². The van der Waals surface area contributed by atoms with E-state index in [2.05, 4.69) is 25.9 Å². The number of hydrogen-bond donors (Lipinski definition) is 6. The Balaban J connectivity index is 1.44. The number of amides is 3. The lowest BCUT2D eigenvalue weighted by Gasteiger charge is -2.32. The predicted molar refractivity (Wildman–Crippen MR) is 219 cm³/mol. The first-order chi connectivity index (χ1) is 26.8. The molecule has 1 aliphatic rings. The van der Waals surface area contributed by atoms with Crippen molar-refractivity contribution in [2.24, 2.45) is 11.5 Å². The summed E-state index contributed by atoms with van der Waals surface area (Å²) < 4.78 is 0. The van der Waals surface area contributed by atoms with Gasteiger partial charge in [-0.3, -0.25) is 19.4 Å². The SMILES string of the molecule is CN1C(=O)C(CCCCN)NC(=O)C(CCCN)NCc2ccccc2Sc2c(Cl)cc(-c3cccnc3)cc2CNC(=O)C1Cc1c[nH]c2ccccc12. The van der Waals surface area contributed by atoms with Gasteiger partial charge in [-0.05, 0) is 97.8 Å². The summed E-state index contributed by atoms with van der Waals surface area (Å²) in [5.74, 6) is -0.981. The van der Waals surface area contributed by atoms with Crippen molar-refractivity contribution in [1.29, 1.82) is 0 Å². The molecule has 3 amide bonds. The third-order valence-corrected chi connectivity index (χ3v) is 11.8. The molecule has 288 valence electrons. The summed E-state index contributed by atoms with van der Waals surface area (Å²) in [6.45, 7) is 1.42. The van der Waals surface area contributed by atoms with Crippen molar-refractivity contribution in [3.05, 3.63) is 113 Å². The number of rotatable bonds is 10. The third-order valence-electron chi connectivity index (χ3n) is 10.1. The molecule has 0 bridgehead atoms. The Hall–Kier alpha value is -4.72. The standard InChI is InChI=1S/C42H49ClN8O3S/c1-51-37(22-30-25-47-34-13-4-3-12-32(30)34)41(53)49-26-31-20-29(27-11-9-19-46-23-27)21-33(43)39(31)55-38-16-5-2-10-28(38)24-48-35(15-8-18-45)40(52)50-36(42(51)54)14-6-7-17-44/h2-5,9-13,16,19-21,23,25,35-37,47-48H,6-8,14-15,17-18,22,24,26,44-45H2,1H3,(H,49,53)(H,50,52). The van der Waals surface area contributed by atoms with E-state index >= 15 is 0 Å². The monoisotopic (exact) mass is 780 g/mol. The minimum Gasteiger partial charge on any atom is -0.361 e. The highest BCUT2D eigenvalue weighted by molar-refractivity contribution is 7.99. The highest BCUT2D eigenvalue weighted by Gasteiger charge is 2.34. The zero-order chi connectivity index (χ0) is 38.7. The van der Waals surface area contributed by atoms with E-state index < -0.39 is 18.1 Å². The summed E-state index contributed by atoms with van der Waals surface area (Å²) in [6.07, 6.45) is 8.41. The second-order valence-corrected chi connectivity index (χ2v) is 15.3. The number of nitrogens with two attached hydrogens (primary N) is 2. The summed E-state index contributed by atoms with van der Waals surface area (Å²) in [7, 11) is 1.64. The lowest BCUT2D eigenvalue weighted by atomic mass is 10.0. The van der Waals surface area contributed by atoms with Gasteiger partial charge in [-0.15, -0.1) is 0 Å². The molecular weight excluding hydrogens is 732 g/mol. The molecule has 3 atom stereocenters. The number of nitrogens with one attached hydrogen (secondary N) is 4. The van der Waals surface area contributed by atoms with E-state index in [9.17, 15) is 14.4 Å². The van der Waals surface area contributed by atoms with Crippen LogP contribution in [0.1, 0.15) is 48.8 Å². The second-order valence-electron chi connectivity index (χ2n) is 13.9. The van der Waals surface area contributed by atoms with Crippen LogP contribution in [-0.4, -0.2) is 70.9 Å². The fourth-order valence-electron chi connectivity index (χ4n) is 6.97. The van der Waals surface area contributed by atoms with Gasteiger partial charge in [-0.1, -0.05) is 65.8 Å². The predicted octanol–water partition coefficient (Wildman–Crippen LogP) is 5.54. The average Bonchev–Trinajstić information content (AvgIpc) is 3.62. The van der Waals surface area contributed by atoms with Crippen LogP contribution in [0, 0.1) is 0 Å². The number of fused-ring (bicyclic) bond motifs is 3. The zero-order valence-electron chi connectivity index (χ0n) is 31.0. The van der Waals surface area contributed by atoms with Gasteiger partial charge in [-0.25, -0.2) is 0 Å². The van der Waals surface area contributed by atoms with Crippen LogP contribution >= 0.6 is 23.4 Å². The molecule has 5 aromatic rings. The lowest BCUT2D eigenvalue weighted by Crippen LogP contribution is -2.57. The largest absolute Gasteiger partial charge is 0.361 e. The van der Waals surface area contributed by atoms with Gasteiger partial charge in [0, 0.05) is 71.4 Å². The van der Waals surface area contributed by atoms with Gasteiger partial charge in [0.25, 0.3) is 0 Å². The zero-order valence-corrected chi connectivity index (χ0v) is 32.6. The van der Waals surface area contributed by atoms with Crippen molar-refractivity contribution in [2.75, 3.05) is 20.1 Å². The van der Waals surface area contributed by atoms with E-state index in [4.69, 9.17) is 23.1 Å². The average molecular weight is 781 g/mol. The second kappa shape index (κ2) is 19.2. The number of para-hydroxylation sites is 1. The van der Waals surface area contributed by atoms with Crippen LogP contribution in [0.3, 0.4) is 0 Å². The number of unbranched alkanes of at least 4 members (excludes halogenated alkanes) is 1. The van der Waals surface area contributed by atoms with E-state index in [0.717, 1.165) is 48.5 Å². The molecule has 55 heavy (non-hydrogen) atoms. The molecule has 3 unspecified atom stereocenters. The molecular formula is C42H49ClN8O3S. The molecule has 0 aliphatic carbocycles. The quantitative estimate of drug-likeness (QED) is 0.100.